The average Bonchev–Trinajstić information content (AvgIpc) is 2.79. The second-order valence-corrected chi connectivity index (χ2v) is 5.40. The van der Waals surface area contributed by atoms with Gasteiger partial charge in [-0.25, -0.2) is 0 Å². The van der Waals surface area contributed by atoms with Gasteiger partial charge in [-0.2, -0.15) is 0 Å². The van der Waals surface area contributed by atoms with Gasteiger partial charge in [0.2, 0.25) is 0 Å². The molecule has 1 fully saturated rings. The van der Waals surface area contributed by atoms with E-state index in [-0.39, 0.29) is 11.9 Å². The molecular formula is C15H24N2O3. The number of morpholine rings is 1. The van der Waals surface area contributed by atoms with Crippen LogP contribution in [0.5, 0.6) is 0 Å². The molecule has 1 aromatic heterocycles. The molecule has 20 heavy (non-hydrogen) atoms. The second-order valence-electron chi connectivity index (χ2n) is 5.40. The number of carbonyl (C=O) groups is 1. The highest BCUT2D eigenvalue weighted by Gasteiger charge is 2.21. The zero-order chi connectivity index (χ0) is 14.5. The minimum absolute atomic E-state index is 0.117. The van der Waals surface area contributed by atoms with E-state index in [9.17, 15) is 4.79 Å². The van der Waals surface area contributed by atoms with Crippen molar-refractivity contribution in [2.75, 3.05) is 33.4 Å². The summed E-state index contributed by atoms with van der Waals surface area (Å²) >= 11 is 0. The number of aromatic nitrogens is 1. The van der Waals surface area contributed by atoms with Crippen LogP contribution in [0.4, 0.5) is 0 Å². The van der Waals surface area contributed by atoms with Crippen molar-refractivity contribution in [2.24, 2.45) is 7.05 Å². The summed E-state index contributed by atoms with van der Waals surface area (Å²) in [5.41, 5.74) is 1.95. The largest absolute Gasteiger partial charge is 0.385 e. The van der Waals surface area contributed by atoms with Crippen LogP contribution in [0.1, 0.15) is 29.4 Å². The number of Topliss-reactive ketones (excluding diaryl/α,β-unsaturated/α-hetero) is 1. The van der Waals surface area contributed by atoms with Gasteiger partial charge < -0.3 is 14.0 Å². The lowest BCUT2D eigenvalue weighted by Crippen LogP contribution is -2.42. The van der Waals surface area contributed by atoms with Crippen LogP contribution >= 0.6 is 0 Å². The molecule has 5 heteroatoms. The minimum Gasteiger partial charge on any atom is -0.385 e. The van der Waals surface area contributed by atoms with Gasteiger partial charge in [-0.3, -0.25) is 9.69 Å². The molecule has 0 bridgehead atoms. The average molecular weight is 280 g/mol. The SMILES string of the molecule is COCC[C@H]1CN(Cc2cc(C(C)=O)cn2C)CCO1. The van der Waals surface area contributed by atoms with Gasteiger partial charge in [-0.1, -0.05) is 0 Å². The molecule has 1 atom stereocenters. The Morgan fingerprint density at radius 1 is 1.55 bits per heavy atom. The highest BCUT2D eigenvalue weighted by Crippen LogP contribution is 2.15. The van der Waals surface area contributed by atoms with Crippen LogP contribution in [0.3, 0.4) is 0 Å². The van der Waals surface area contributed by atoms with Gasteiger partial charge in [0.25, 0.3) is 0 Å². The molecule has 0 aromatic carbocycles. The van der Waals surface area contributed by atoms with Gasteiger partial charge >= 0.3 is 0 Å². The number of ketones is 1. The van der Waals surface area contributed by atoms with Gasteiger partial charge in [0.05, 0.1) is 12.7 Å². The number of hydrogen-bond donors (Lipinski definition) is 0. The van der Waals surface area contributed by atoms with E-state index in [1.54, 1.807) is 14.0 Å². The van der Waals surface area contributed by atoms with Crippen LogP contribution in [-0.2, 0) is 23.1 Å². The van der Waals surface area contributed by atoms with Crippen molar-refractivity contribution in [3.8, 4) is 0 Å². The van der Waals surface area contributed by atoms with E-state index in [1.165, 1.54) is 5.69 Å². The van der Waals surface area contributed by atoms with Crippen molar-refractivity contribution in [3.05, 3.63) is 23.5 Å². The van der Waals surface area contributed by atoms with Crippen molar-refractivity contribution < 1.29 is 14.3 Å². The van der Waals surface area contributed by atoms with Crippen LogP contribution in [0.2, 0.25) is 0 Å². The normalized spacial score (nSPS) is 20.2. The van der Waals surface area contributed by atoms with Crippen LogP contribution in [0.25, 0.3) is 0 Å². The number of aryl methyl sites for hydroxylation is 1. The number of hydrogen-bond acceptors (Lipinski definition) is 4. The molecule has 0 amide bonds. The fraction of sp³-hybridized carbons (Fsp3) is 0.667. The summed E-state index contributed by atoms with van der Waals surface area (Å²) in [4.78, 5) is 13.8. The van der Waals surface area contributed by atoms with Crippen molar-refractivity contribution in [1.29, 1.82) is 0 Å². The van der Waals surface area contributed by atoms with Gasteiger partial charge in [-0.05, 0) is 19.4 Å². The maximum Gasteiger partial charge on any atom is 0.161 e. The number of methoxy groups -OCH3 is 1. The van der Waals surface area contributed by atoms with Crippen LogP contribution in [-0.4, -0.2) is 54.8 Å². The Balaban J connectivity index is 1.93. The molecule has 0 aliphatic carbocycles. The number of ether oxygens (including phenoxy) is 2. The number of carbonyl (C=O) groups excluding carboxylic acids is 1. The first kappa shape index (κ1) is 15.2. The Morgan fingerprint density at radius 3 is 3.00 bits per heavy atom. The van der Waals surface area contributed by atoms with Crippen molar-refractivity contribution in [2.45, 2.75) is 26.0 Å². The quantitative estimate of drug-likeness (QED) is 0.740. The van der Waals surface area contributed by atoms with Crippen molar-refractivity contribution >= 4 is 5.78 Å². The standard InChI is InChI=1S/C15H24N2O3/c1-12(18)13-8-14(16(2)9-13)10-17-5-7-20-15(11-17)4-6-19-3/h8-9,15H,4-7,10-11H2,1-3H3/t15-/m0/s1. The predicted molar refractivity (Wildman–Crippen MR) is 76.9 cm³/mol. The summed E-state index contributed by atoms with van der Waals surface area (Å²) in [6.45, 7) is 5.81. The molecule has 2 heterocycles. The third-order valence-corrected chi connectivity index (χ3v) is 3.77. The minimum atomic E-state index is 0.117. The number of nitrogens with zero attached hydrogens (tertiary/aromatic N) is 2. The van der Waals surface area contributed by atoms with Crippen LogP contribution < -0.4 is 0 Å². The fourth-order valence-electron chi connectivity index (χ4n) is 2.54. The summed E-state index contributed by atoms with van der Waals surface area (Å²) in [6, 6.07) is 1.99. The predicted octanol–water partition coefficient (Wildman–Crippen LogP) is 1.46. The lowest BCUT2D eigenvalue weighted by atomic mass is 10.2. The van der Waals surface area contributed by atoms with Gasteiger partial charge in [0.15, 0.2) is 5.78 Å². The highest BCUT2D eigenvalue weighted by atomic mass is 16.5. The molecule has 0 spiro atoms. The highest BCUT2D eigenvalue weighted by molar-refractivity contribution is 5.94. The lowest BCUT2D eigenvalue weighted by molar-refractivity contribution is -0.0437. The van der Waals surface area contributed by atoms with E-state index < -0.39 is 0 Å². The monoisotopic (exact) mass is 280 g/mol. The molecule has 0 N–H and O–H groups in total. The van der Waals surface area contributed by atoms with E-state index in [2.05, 4.69) is 4.90 Å². The second kappa shape index (κ2) is 7.02. The Labute approximate surface area is 120 Å². The summed E-state index contributed by atoms with van der Waals surface area (Å²) in [5, 5.41) is 0. The molecule has 1 aromatic rings. The van der Waals surface area contributed by atoms with E-state index in [0.29, 0.717) is 0 Å². The van der Waals surface area contributed by atoms with Crippen LogP contribution in [0, 0.1) is 0 Å². The molecule has 2 rings (SSSR count). The summed E-state index contributed by atoms with van der Waals surface area (Å²) in [7, 11) is 3.71. The van der Waals surface area contributed by atoms with E-state index in [1.807, 2.05) is 23.9 Å². The molecule has 5 nitrogen and oxygen atoms in total. The summed E-state index contributed by atoms with van der Waals surface area (Å²) in [6.07, 6.45) is 3.08. The Hall–Kier alpha value is -1.17. The van der Waals surface area contributed by atoms with Gasteiger partial charge in [0.1, 0.15) is 0 Å². The molecule has 1 aliphatic rings. The van der Waals surface area contributed by atoms with E-state index in [0.717, 1.165) is 44.8 Å². The van der Waals surface area contributed by atoms with Gasteiger partial charge in [-0.15, -0.1) is 0 Å². The third kappa shape index (κ3) is 3.91. The maximum atomic E-state index is 11.4. The molecule has 1 saturated heterocycles. The summed E-state index contributed by atoms with van der Waals surface area (Å²) in [5.74, 6) is 0.117. The van der Waals surface area contributed by atoms with Crippen molar-refractivity contribution in [1.82, 2.24) is 9.47 Å². The maximum absolute atomic E-state index is 11.4. The summed E-state index contributed by atoms with van der Waals surface area (Å²) < 4.78 is 12.9. The molecular weight excluding hydrogens is 256 g/mol. The van der Waals surface area contributed by atoms with E-state index in [4.69, 9.17) is 9.47 Å². The van der Waals surface area contributed by atoms with E-state index >= 15 is 0 Å². The molecule has 1 aliphatic heterocycles. The zero-order valence-corrected chi connectivity index (χ0v) is 12.6. The Morgan fingerprint density at radius 2 is 2.35 bits per heavy atom. The Bertz CT molecular complexity index is 456. The topological polar surface area (TPSA) is 43.7 Å². The number of rotatable bonds is 6. The molecule has 0 unspecified atom stereocenters. The van der Waals surface area contributed by atoms with Crippen molar-refractivity contribution in [3.63, 3.8) is 0 Å². The first-order valence-electron chi connectivity index (χ1n) is 7.09. The first-order valence-corrected chi connectivity index (χ1v) is 7.09. The Kier molecular flexibility index (Phi) is 5.34. The molecule has 112 valence electrons. The fourth-order valence-corrected chi connectivity index (χ4v) is 2.54. The van der Waals surface area contributed by atoms with Crippen LogP contribution in [0.15, 0.2) is 12.3 Å². The smallest absolute Gasteiger partial charge is 0.161 e. The first-order chi connectivity index (χ1) is 9.60. The molecule has 0 radical (unpaired) electrons. The third-order valence-electron chi connectivity index (χ3n) is 3.77. The lowest BCUT2D eigenvalue weighted by Gasteiger charge is -2.32. The zero-order valence-electron chi connectivity index (χ0n) is 12.6. The molecule has 0 saturated carbocycles. The van der Waals surface area contributed by atoms with Gasteiger partial charge in [0, 0.05) is 57.9 Å².